The summed E-state index contributed by atoms with van der Waals surface area (Å²) in [4.78, 5) is 26.7. The maximum Gasteiger partial charge on any atom is 0.289 e. The highest BCUT2D eigenvalue weighted by molar-refractivity contribution is 6.01. The Balaban J connectivity index is 1.57. The monoisotopic (exact) mass is 327 g/mol. The number of fused-ring (bicyclic) bond motifs is 1. The van der Waals surface area contributed by atoms with Crippen molar-refractivity contribution < 1.29 is 23.5 Å². The number of furan rings is 1. The molecule has 2 aliphatic heterocycles. The van der Waals surface area contributed by atoms with Crippen molar-refractivity contribution in [2.24, 2.45) is 0 Å². The van der Waals surface area contributed by atoms with E-state index in [-0.39, 0.29) is 18.1 Å². The number of carbonyl (C=O) groups excluding carboxylic acids is 2. The zero-order chi connectivity index (χ0) is 16.7. The molecule has 0 aliphatic carbocycles. The van der Waals surface area contributed by atoms with Crippen LogP contribution in [0.5, 0.6) is 11.5 Å². The van der Waals surface area contributed by atoms with Crippen LogP contribution >= 0.6 is 0 Å². The number of hydrogen-bond acceptors (Lipinski definition) is 5. The second-order valence-corrected chi connectivity index (χ2v) is 6.20. The normalized spacial score (nSPS) is 22.4. The van der Waals surface area contributed by atoms with E-state index >= 15 is 0 Å². The summed E-state index contributed by atoms with van der Waals surface area (Å²) in [6, 6.07) is 8.55. The van der Waals surface area contributed by atoms with E-state index < -0.39 is 5.60 Å². The highest BCUT2D eigenvalue weighted by Gasteiger charge is 2.47. The first-order valence-electron chi connectivity index (χ1n) is 7.83. The fraction of sp³-hybridized carbons (Fsp3) is 0.333. The molecule has 6 nitrogen and oxygen atoms in total. The van der Waals surface area contributed by atoms with Crippen molar-refractivity contribution in [1.82, 2.24) is 4.90 Å². The summed E-state index contributed by atoms with van der Waals surface area (Å²) in [5.74, 6) is 1.33. The number of hydrogen-bond donors (Lipinski definition) is 0. The zero-order valence-corrected chi connectivity index (χ0v) is 13.3. The van der Waals surface area contributed by atoms with Gasteiger partial charge in [-0.15, -0.1) is 0 Å². The van der Waals surface area contributed by atoms with E-state index in [1.54, 1.807) is 42.3 Å². The van der Waals surface area contributed by atoms with Crippen LogP contribution in [0.2, 0.25) is 0 Å². The highest BCUT2D eigenvalue weighted by atomic mass is 16.5. The molecule has 0 saturated carbocycles. The Bertz CT molecular complexity index is 798. The molecular weight excluding hydrogens is 310 g/mol. The molecule has 1 aromatic carbocycles. The predicted molar refractivity (Wildman–Crippen MR) is 84.5 cm³/mol. The summed E-state index contributed by atoms with van der Waals surface area (Å²) in [5.41, 5.74) is -0.114. The molecule has 4 rings (SSSR count). The molecule has 1 amide bonds. The third-order valence-corrected chi connectivity index (χ3v) is 4.63. The summed E-state index contributed by atoms with van der Waals surface area (Å²) >= 11 is 0. The molecular formula is C18H17NO5. The Hall–Kier alpha value is -2.76. The molecule has 0 N–H and O–H groups in total. The third-order valence-electron chi connectivity index (χ3n) is 4.63. The van der Waals surface area contributed by atoms with Crippen LogP contribution in [0.15, 0.2) is 41.0 Å². The van der Waals surface area contributed by atoms with Crippen molar-refractivity contribution in [3.63, 3.8) is 0 Å². The molecule has 1 fully saturated rings. The number of methoxy groups -OCH3 is 1. The van der Waals surface area contributed by atoms with Gasteiger partial charge in [-0.2, -0.15) is 0 Å². The van der Waals surface area contributed by atoms with Crippen molar-refractivity contribution >= 4 is 11.7 Å². The van der Waals surface area contributed by atoms with Gasteiger partial charge >= 0.3 is 0 Å². The van der Waals surface area contributed by atoms with Crippen molar-refractivity contribution in [3.05, 3.63) is 47.9 Å². The average Bonchev–Trinajstić information content (AvgIpc) is 3.24. The Labute approximate surface area is 139 Å². The first-order valence-corrected chi connectivity index (χ1v) is 7.83. The lowest BCUT2D eigenvalue weighted by molar-refractivity contribution is 0.0421. The fourth-order valence-electron chi connectivity index (χ4n) is 3.40. The first kappa shape index (κ1) is 14.8. The Morgan fingerprint density at radius 2 is 2.21 bits per heavy atom. The number of likely N-dealkylation sites (tertiary alicyclic amines) is 1. The smallest absolute Gasteiger partial charge is 0.289 e. The quantitative estimate of drug-likeness (QED) is 0.848. The van der Waals surface area contributed by atoms with Gasteiger partial charge in [0, 0.05) is 13.0 Å². The van der Waals surface area contributed by atoms with Crippen molar-refractivity contribution in [1.29, 1.82) is 0 Å². The van der Waals surface area contributed by atoms with Gasteiger partial charge < -0.3 is 18.8 Å². The fourth-order valence-corrected chi connectivity index (χ4v) is 3.40. The minimum absolute atomic E-state index is 0.0162. The highest BCUT2D eigenvalue weighted by Crippen LogP contribution is 2.40. The second kappa shape index (κ2) is 5.40. The van der Waals surface area contributed by atoms with Gasteiger partial charge in [0.15, 0.2) is 11.5 Å². The van der Waals surface area contributed by atoms with Gasteiger partial charge in [-0.25, -0.2) is 0 Å². The first-order chi connectivity index (χ1) is 11.6. The number of benzene rings is 1. The molecule has 2 aliphatic rings. The van der Waals surface area contributed by atoms with Gasteiger partial charge in [0.05, 0.1) is 31.9 Å². The minimum Gasteiger partial charge on any atom is -0.497 e. The van der Waals surface area contributed by atoms with Crippen LogP contribution in [-0.4, -0.2) is 42.4 Å². The standard InChI is InChI=1S/C18H17NO5/c1-22-12-4-5-15-13(9-12)14(20)10-18(24-15)6-7-19(11-18)17(21)16-3-2-8-23-16/h2-5,8-9H,6-7,10-11H2,1H3. The molecule has 3 heterocycles. The molecule has 24 heavy (non-hydrogen) atoms. The molecule has 1 saturated heterocycles. The van der Waals surface area contributed by atoms with Gasteiger partial charge in [0.25, 0.3) is 5.91 Å². The van der Waals surface area contributed by atoms with Gasteiger partial charge in [0.1, 0.15) is 17.1 Å². The number of carbonyl (C=O) groups is 2. The SMILES string of the molecule is COc1ccc2c(c1)C(=O)CC1(CCN(C(=O)c3ccco3)C1)O2. The van der Waals surface area contributed by atoms with E-state index in [9.17, 15) is 9.59 Å². The molecule has 124 valence electrons. The summed E-state index contributed by atoms with van der Waals surface area (Å²) in [6.45, 7) is 0.919. The van der Waals surface area contributed by atoms with E-state index in [4.69, 9.17) is 13.9 Å². The number of ketones is 1. The maximum absolute atomic E-state index is 12.6. The van der Waals surface area contributed by atoms with Crippen molar-refractivity contribution in [3.8, 4) is 11.5 Å². The Kier molecular flexibility index (Phi) is 3.33. The summed E-state index contributed by atoms with van der Waals surface area (Å²) in [5, 5.41) is 0. The van der Waals surface area contributed by atoms with Crippen LogP contribution in [0, 0.1) is 0 Å². The lowest BCUT2D eigenvalue weighted by Crippen LogP contribution is -2.45. The lowest BCUT2D eigenvalue weighted by atomic mass is 9.89. The van der Waals surface area contributed by atoms with Gasteiger partial charge in [0.2, 0.25) is 0 Å². The average molecular weight is 327 g/mol. The number of Topliss-reactive ketones (excluding diaryl/α,β-unsaturated/α-hetero) is 1. The van der Waals surface area contributed by atoms with E-state index in [1.165, 1.54) is 6.26 Å². The maximum atomic E-state index is 12.6. The molecule has 6 heteroatoms. The van der Waals surface area contributed by atoms with Crippen LogP contribution in [0.3, 0.4) is 0 Å². The van der Waals surface area contributed by atoms with E-state index in [0.29, 0.717) is 42.3 Å². The summed E-state index contributed by atoms with van der Waals surface area (Å²) in [6.07, 6.45) is 2.36. The number of rotatable bonds is 2. The molecule has 1 aromatic heterocycles. The van der Waals surface area contributed by atoms with Crippen LogP contribution in [0.1, 0.15) is 33.8 Å². The van der Waals surface area contributed by atoms with Crippen LogP contribution in [0.4, 0.5) is 0 Å². The van der Waals surface area contributed by atoms with E-state index in [0.717, 1.165) is 0 Å². The van der Waals surface area contributed by atoms with Crippen LogP contribution < -0.4 is 9.47 Å². The molecule has 0 radical (unpaired) electrons. The summed E-state index contributed by atoms with van der Waals surface area (Å²) in [7, 11) is 1.56. The Morgan fingerprint density at radius 3 is 2.96 bits per heavy atom. The van der Waals surface area contributed by atoms with Crippen LogP contribution in [0.25, 0.3) is 0 Å². The van der Waals surface area contributed by atoms with Gasteiger partial charge in [-0.05, 0) is 30.3 Å². The Morgan fingerprint density at radius 1 is 1.33 bits per heavy atom. The summed E-state index contributed by atoms with van der Waals surface area (Å²) < 4.78 is 16.5. The predicted octanol–water partition coefficient (Wildman–Crippen LogP) is 2.54. The van der Waals surface area contributed by atoms with E-state index in [1.807, 2.05) is 0 Å². The van der Waals surface area contributed by atoms with Gasteiger partial charge in [-0.1, -0.05) is 0 Å². The molecule has 1 unspecified atom stereocenters. The largest absolute Gasteiger partial charge is 0.497 e. The number of nitrogens with zero attached hydrogens (tertiary/aromatic N) is 1. The van der Waals surface area contributed by atoms with Crippen LogP contribution in [-0.2, 0) is 0 Å². The minimum atomic E-state index is -0.652. The number of ether oxygens (including phenoxy) is 2. The third kappa shape index (κ3) is 2.35. The second-order valence-electron chi connectivity index (χ2n) is 6.20. The van der Waals surface area contributed by atoms with Gasteiger partial charge in [-0.3, -0.25) is 9.59 Å². The van der Waals surface area contributed by atoms with Crippen molar-refractivity contribution in [2.45, 2.75) is 18.4 Å². The molecule has 2 aromatic rings. The molecule has 1 atom stereocenters. The zero-order valence-electron chi connectivity index (χ0n) is 13.3. The topological polar surface area (TPSA) is 69.0 Å². The molecule has 1 spiro atoms. The molecule has 0 bridgehead atoms. The lowest BCUT2D eigenvalue weighted by Gasteiger charge is -2.34. The van der Waals surface area contributed by atoms with Crippen molar-refractivity contribution in [2.75, 3.05) is 20.2 Å². The number of amides is 1. The van der Waals surface area contributed by atoms with E-state index in [2.05, 4.69) is 0 Å².